The molecule has 102 valence electrons. The summed E-state index contributed by atoms with van der Waals surface area (Å²) in [6, 6.07) is 0. The van der Waals surface area contributed by atoms with Crippen molar-refractivity contribution in [1.82, 2.24) is 10.2 Å². The van der Waals surface area contributed by atoms with E-state index in [0.717, 1.165) is 39.1 Å². The number of hydrogen-bond acceptors (Lipinski definition) is 4. The van der Waals surface area contributed by atoms with Crippen LogP contribution in [-0.4, -0.2) is 56.7 Å². The number of primary amides is 1. The highest BCUT2D eigenvalue weighted by atomic mass is 16.5. The summed E-state index contributed by atoms with van der Waals surface area (Å²) in [4.78, 5) is 13.6. The van der Waals surface area contributed by atoms with Crippen LogP contribution in [0.2, 0.25) is 0 Å². The van der Waals surface area contributed by atoms with E-state index in [1.54, 1.807) is 14.2 Å². The molecular weight excluding hydrogens is 218 g/mol. The van der Waals surface area contributed by atoms with Crippen molar-refractivity contribution < 1.29 is 9.53 Å². The molecule has 0 aliphatic heterocycles. The van der Waals surface area contributed by atoms with Crippen LogP contribution in [0.3, 0.4) is 0 Å². The van der Waals surface area contributed by atoms with Crippen molar-refractivity contribution in [2.75, 3.05) is 40.4 Å². The maximum Gasteiger partial charge on any atom is 0.237 e. The standard InChI is InChI=1S/C12H27N3O2/c1-5-15(9-10-17-4)8-6-7-12(2,14-3)11(13)16/h14H,5-10H2,1-4H3,(H2,13,16). The number of methoxy groups -OCH3 is 1. The number of carbonyl (C=O) groups is 1. The van der Waals surface area contributed by atoms with Crippen molar-refractivity contribution >= 4 is 5.91 Å². The van der Waals surface area contributed by atoms with Crippen LogP contribution in [0.1, 0.15) is 26.7 Å². The Labute approximate surface area is 105 Å². The number of nitrogens with one attached hydrogen (secondary N) is 1. The Morgan fingerprint density at radius 3 is 2.53 bits per heavy atom. The Morgan fingerprint density at radius 1 is 1.47 bits per heavy atom. The van der Waals surface area contributed by atoms with Crippen LogP contribution in [0.15, 0.2) is 0 Å². The molecule has 0 bridgehead atoms. The number of likely N-dealkylation sites (N-methyl/N-ethyl adjacent to an activating group) is 2. The fourth-order valence-corrected chi connectivity index (χ4v) is 1.68. The summed E-state index contributed by atoms with van der Waals surface area (Å²) in [5, 5.41) is 3.00. The highest BCUT2D eigenvalue weighted by Crippen LogP contribution is 2.11. The van der Waals surface area contributed by atoms with Gasteiger partial charge in [-0.25, -0.2) is 0 Å². The van der Waals surface area contributed by atoms with E-state index in [9.17, 15) is 4.79 Å². The predicted molar refractivity (Wildman–Crippen MR) is 69.9 cm³/mol. The number of rotatable bonds is 10. The summed E-state index contributed by atoms with van der Waals surface area (Å²) < 4.78 is 5.05. The fourth-order valence-electron chi connectivity index (χ4n) is 1.68. The van der Waals surface area contributed by atoms with Gasteiger partial charge in [-0.2, -0.15) is 0 Å². The van der Waals surface area contributed by atoms with Crippen molar-refractivity contribution in [2.24, 2.45) is 5.73 Å². The first kappa shape index (κ1) is 16.4. The minimum Gasteiger partial charge on any atom is -0.383 e. The van der Waals surface area contributed by atoms with Gasteiger partial charge in [0.25, 0.3) is 0 Å². The number of hydrogen-bond donors (Lipinski definition) is 2. The Hall–Kier alpha value is -0.650. The van der Waals surface area contributed by atoms with Crippen LogP contribution in [0, 0.1) is 0 Å². The van der Waals surface area contributed by atoms with E-state index in [4.69, 9.17) is 10.5 Å². The van der Waals surface area contributed by atoms with Gasteiger partial charge in [-0.3, -0.25) is 4.79 Å². The smallest absolute Gasteiger partial charge is 0.237 e. The molecule has 17 heavy (non-hydrogen) atoms. The van der Waals surface area contributed by atoms with Gasteiger partial charge < -0.3 is 20.7 Å². The maximum absolute atomic E-state index is 11.3. The first-order valence-electron chi connectivity index (χ1n) is 6.20. The lowest BCUT2D eigenvalue weighted by atomic mass is 9.95. The second-order valence-corrected chi connectivity index (χ2v) is 4.48. The SMILES string of the molecule is CCN(CCCC(C)(NC)C(N)=O)CCOC. The lowest BCUT2D eigenvalue weighted by Crippen LogP contribution is -2.51. The maximum atomic E-state index is 11.3. The number of nitrogens with zero attached hydrogens (tertiary/aromatic N) is 1. The van der Waals surface area contributed by atoms with Crippen LogP contribution >= 0.6 is 0 Å². The molecule has 0 aromatic heterocycles. The van der Waals surface area contributed by atoms with Crippen molar-refractivity contribution in [1.29, 1.82) is 0 Å². The lowest BCUT2D eigenvalue weighted by molar-refractivity contribution is -0.123. The van der Waals surface area contributed by atoms with Crippen LogP contribution in [-0.2, 0) is 9.53 Å². The van der Waals surface area contributed by atoms with E-state index < -0.39 is 5.54 Å². The molecule has 1 unspecified atom stereocenters. The predicted octanol–water partition coefficient (Wildman–Crippen LogP) is 0.198. The van der Waals surface area contributed by atoms with Gasteiger partial charge in [-0.1, -0.05) is 6.92 Å². The first-order valence-corrected chi connectivity index (χ1v) is 6.20. The van der Waals surface area contributed by atoms with Crippen molar-refractivity contribution in [3.63, 3.8) is 0 Å². The van der Waals surface area contributed by atoms with E-state index in [1.807, 2.05) is 6.92 Å². The van der Waals surface area contributed by atoms with E-state index >= 15 is 0 Å². The minimum absolute atomic E-state index is 0.292. The Balaban J connectivity index is 3.97. The quantitative estimate of drug-likeness (QED) is 0.577. The second kappa shape index (κ2) is 8.44. The summed E-state index contributed by atoms with van der Waals surface area (Å²) in [6.07, 6.45) is 1.69. The molecule has 0 aliphatic rings. The monoisotopic (exact) mass is 245 g/mol. The molecule has 3 N–H and O–H groups in total. The molecule has 0 saturated carbocycles. The normalized spacial score (nSPS) is 14.9. The number of amides is 1. The minimum atomic E-state index is -0.597. The summed E-state index contributed by atoms with van der Waals surface area (Å²) in [5.41, 5.74) is 4.78. The van der Waals surface area contributed by atoms with Gasteiger partial charge in [-0.05, 0) is 39.9 Å². The van der Waals surface area contributed by atoms with Crippen molar-refractivity contribution in [2.45, 2.75) is 32.2 Å². The third-order valence-corrected chi connectivity index (χ3v) is 3.31. The van der Waals surface area contributed by atoms with Crippen LogP contribution in [0.25, 0.3) is 0 Å². The Bertz CT molecular complexity index is 224. The molecule has 0 aromatic rings. The molecule has 0 spiro atoms. The molecular formula is C12H27N3O2. The highest BCUT2D eigenvalue weighted by Gasteiger charge is 2.28. The topological polar surface area (TPSA) is 67.6 Å². The van der Waals surface area contributed by atoms with Gasteiger partial charge in [0, 0.05) is 13.7 Å². The second-order valence-electron chi connectivity index (χ2n) is 4.48. The molecule has 0 fully saturated rings. The third-order valence-electron chi connectivity index (χ3n) is 3.31. The van der Waals surface area contributed by atoms with Crippen molar-refractivity contribution in [3.8, 4) is 0 Å². The molecule has 1 atom stereocenters. The Morgan fingerprint density at radius 2 is 2.12 bits per heavy atom. The molecule has 0 heterocycles. The zero-order valence-electron chi connectivity index (χ0n) is 11.6. The molecule has 0 saturated heterocycles. The average molecular weight is 245 g/mol. The van der Waals surface area contributed by atoms with Gasteiger partial charge in [-0.15, -0.1) is 0 Å². The summed E-state index contributed by atoms with van der Waals surface area (Å²) in [6.45, 7) is 7.61. The summed E-state index contributed by atoms with van der Waals surface area (Å²) in [5.74, 6) is -0.292. The largest absolute Gasteiger partial charge is 0.383 e. The third kappa shape index (κ3) is 6.00. The van der Waals surface area contributed by atoms with Gasteiger partial charge in [0.1, 0.15) is 0 Å². The molecule has 1 amide bonds. The van der Waals surface area contributed by atoms with Gasteiger partial charge in [0.15, 0.2) is 0 Å². The molecule has 5 nitrogen and oxygen atoms in total. The molecule has 0 radical (unpaired) electrons. The Kier molecular flexibility index (Phi) is 8.12. The van der Waals surface area contributed by atoms with Crippen molar-refractivity contribution in [3.05, 3.63) is 0 Å². The van der Waals surface area contributed by atoms with E-state index in [-0.39, 0.29) is 5.91 Å². The number of carbonyl (C=O) groups excluding carboxylic acids is 1. The zero-order chi connectivity index (χ0) is 13.3. The molecule has 5 heteroatoms. The van der Waals surface area contributed by atoms with Crippen LogP contribution in [0.4, 0.5) is 0 Å². The molecule has 0 aliphatic carbocycles. The van der Waals surface area contributed by atoms with E-state index in [2.05, 4.69) is 17.1 Å². The van der Waals surface area contributed by atoms with Crippen LogP contribution in [0.5, 0.6) is 0 Å². The molecule has 0 aromatic carbocycles. The first-order chi connectivity index (χ1) is 8.00. The van der Waals surface area contributed by atoms with Gasteiger partial charge in [0.05, 0.1) is 12.1 Å². The van der Waals surface area contributed by atoms with Crippen LogP contribution < -0.4 is 11.1 Å². The number of nitrogens with two attached hydrogens (primary N) is 1. The lowest BCUT2D eigenvalue weighted by Gasteiger charge is -2.27. The average Bonchev–Trinajstić information content (AvgIpc) is 2.32. The summed E-state index contributed by atoms with van der Waals surface area (Å²) in [7, 11) is 3.48. The number of ether oxygens (including phenoxy) is 1. The van der Waals surface area contributed by atoms with Gasteiger partial charge >= 0.3 is 0 Å². The highest BCUT2D eigenvalue weighted by molar-refractivity contribution is 5.84. The molecule has 0 rings (SSSR count). The van der Waals surface area contributed by atoms with E-state index in [0.29, 0.717) is 0 Å². The van der Waals surface area contributed by atoms with E-state index in [1.165, 1.54) is 0 Å². The van der Waals surface area contributed by atoms with Gasteiger partial charge in [0.2, 0.25) is 5.91 Å². The zero-order valence-corrected chi connectivity index (χ0v) is 11.6. The fraction of sp³-hybridized carbons (Fsp3) is 0.917. The summed E-state index contributed by atoms with van der Waals surface area (Å²) >= 11 is 0.